The van der Waals surface area contributed by atoms with Crippen molar-refractivity contribution in [1.82, 2.24) is 14.5 Å². The first kappa shape index (κ1) is 20.8. The predicted octanol–water partition coefficient (Wildman–Crippen LogP) is 4.72. The van der Waals surface area contributed by atoms with E-state index >= 15 is 0 Å². The first-order valence-corrected chi connectivity index (χ1v) is 11.7. The van der Waals surface area contributed by atoms with Crippen molar-refractivity contribution in [3.8, 4) is 5.69 Å². The lowest BCUT2D eigenvalue weighted by molar-refractivity contribution is -0.129. The SMILES string of the molecule is O=C(CSc1nc2ccccc2c(=O)n1-c1ccccc1Cl)N1CCc2ccccc2C1. The highest BCUT2D eigenvalue weighted by Gasteiger charge is 2.22. The van der Waals surface area contributed by atoms with Crippen molar-refractivity contribution in [1.29, 1.82) is 0 Å². The topological polar surface area (TPSA) is 55.2 Å². The Hall–Kier alpha value is -3.09. The van der Waals surface area contributed by atoms with Crippen LogP contribution in [0, 0.1) is 0 Å². The Morgan fingerprint density at radius 2 is 1.69 bits per heavy atom. The van der Waals surface area contributed by atoms with Crippen molar-refractivity contribution in [2.45, 2.75) is 18.1 Å². The molecule has 1 amide bonds. The van der Waals surface area contributed by atoms with Gasteiger partial charge in [0.05, 0.1) is 27.4 Å². The lowest BCUT2D eigenvalue weighted by Gasteiger charge is -2.28. The van der Waals surface area contributed by atoms with Crippen molar-refractivity contribution in [2.75, 3.05) is 12.3 Å². The van der Waals surface area contributed by atoms with Gasteiger partial charge in [-0.3, -0.25) is 14.2 Å². The first-order chi connectivity index (χ1) is 15.6. The van der Waals surface area contributed by atoms with Crippen LogP contribution >= 0.6 is 23.4 Å². The zero-order valence-corrected chi connectivity index (χ0v) is 18.8. The van der Waals surface area contributed by atoms with E-state index in [1.165, 1.54) is 27.5 Å². The van der Waals surface area contributed by atoms with Crippen molar-refractivity contribution >= 4 is 40.2 Å². The normalized spacial score (nSPS) is 13.2. The molecule has 0 unspecified atom stereocenters. The second kappa shape index (κ2) is 8.81. The van der Waals surface area contributed by atoms with Crippen LogP contribution in [0.25, 0.3) is 16.6 Å². The van der Waals surface area contributed by atoms with E-state index in [2.05, 4.69) is 12.1 Å². The molecule has 0 saturated heterocycles. The number of carbonyl (C=O) groups excluding carboxylic acids is 1. The van der Waals surface area contributed by atoms with Gasteiger partial charge in [0, 0.05) is 13.1 Å². The van der Waals surface area contributed by atoms with Crippen LogP contribution in [0.4, 0.5) is 0 Å². The molecule has 0 fully saturated rings. The largest absolute Gasteiger partial charge is 0.337 e. The minimum Gasteiger partial charge on any atom is -0.337 e. The highest BCUT2D eigenvalue weighted by Crippen LogP contribution is 2.26. The Morgan fingerprint density at radius 1 is 0.969 bits per heavy atom. The summed E-state index contributed by atoms with van der Waals surface area (Å²) in [7, 11) is 0. The van der Waals surface area contributed by atoms with Crippen LogP contribution in [0.3, 0.4) is 0 Å². The molecule has 0 spiro atoms. The number of nitrogens with zero attached hydrogens (tertiary/aromatic N) is 3. The number of carbonyl (C=O) groups is 1. The molecule has 0 saturated carbocycles. The Labute approximate surface area is 194 Å². The van der Waals surface area contributed by atoms with Gasteiger partial charge in [0.2, 0.25) is 5.91 Å². The summed E-state index contributed by atoms with van der Waals surface area (Å²) in [4.78, 5) is 32.9. The molecule has 160 valence electrons. The number of aromatic nitrogens is 2. The zero-order valence-electron chi connectivity index (χ0n) is 17.2. The second-order valence-corrected chi connectivity index (χ2v) is 8.98. The van der Waals surface area contributed by atoms with E-state index < -0.39 is 0 Å². The van der Waals surface area contributed by atoms with Crippen molar-refractivity contribution in [3.63, 3.8) is 0 Å². The van der Waals surface area contributed by atoms with Crippen LogP contribution in [0.2, 0.25) is 5.02 Å². The number of hydrogen-bond donors (Lipinski definition) is 0. The molecule has 5 nitrogen and oxygen atoms in total. The molecule has 0 atom stereocenters. The van der Waals surface area contributed by atoms with E-state index in [0.717, 1.165) is 6.42 Å². The molecule has 5 rings (SSSR count). The van der Waals surface area contributed by atoms with E-state index in [1.807, 2.05) is 41.3 Å². The van der Waals surface area contributed by atoms with E-state index in [1.54, 1.807) is 24.3 Å². The highest BCUT2D eigenvalue weighted by molar-refractivity contribution is 7.99. The number of thioether (sulfide) groups is 1. The van der Waals surface area contributed by atoms with Gasteiger partial charge in [-0.2, -0.15) is 0 Å². The fourth-order valence-electron chi connectivity index (χ4n) is 3.98. The average molecular weight is 462 g/mol. The summed E-state index contributed by atoms with van der Waals surface area (Å²) in [6.45, 7) is 1.30. The molecular formula is C25H20ClN3O2S. The molecule has 4 aromatic rings. The molecule has 1 aliphatic rings. The van der Waals surface area contributed by atoms with Crippen LogP contribution in [0.5, 0.6) is 0 Å². The summed E-state index contributed by atoms with van der Waals surface area (Å²) in [5, 5.41) is 1.41. The molecule has 0 N–H and O–H groups in total. The van der Waals surface area contributed by atoms with Crippen LogP contribution in [0.15, 0.2) is 82.7 Å². The van der Waals surface area contributed by atoms with E-state index in [0.29, 0.717) is 39.9 Å². The Morgan fingerprint density at radius 3 is 2.53 bits per heavy atom. The molecular weight excluding hydrogens is 442 g/mol. The number of benzene rings is 3. The lowest BCUT2D eigenvalue weighted by atomic mass is 10.00. The fourth-order valence-corrected chi connectivity index (χ4v) is 5.11. The maximum absolute atomic E-state index is 13.3. The van der Waals surface area contributed by atoms with Crippen molar-refractivity contribution in [3.05, 3.63) is 99.3 Å². The minimum absolute atomic E-state index is 0.0256. The van der Waals surface area contributed by atoms with Crippen LogP contribution in [-0.2, 0) is 17.8 Å². The Bertz CT molecular complexity index is 1390. The predicted molar refractivity (Wildman–Crippen MR) is 129 cm³/mol. The third-order valence-electron chi connectivity index (χ3n) is 5.65. The number of halogens is 1. The molecule has 1 aromatic heterocycles. The maximum atomic E-state index is 13.3. The quantitative estimate of drug-likeness (QED) is 0.326. The smallest absolute Gasteiger partial charge is 0.266 e. The summed E-state index contributed by atoms with van der Waals surface area (Å²) in [6, 6.07) is 22.6. The van der Waals surface area contributed by atoms with Crippen LogP contribution < -0.4 is 5.56 Å². The highest BCUT2D eigenvalue weighted by atomic mass is 35.5. The van der Waals surface area contributed by atoms with Gasteiger partial charge in [-0.25, -0.2) is 4.98 Å². The van der Waals surface area contributed by atoms with Crippen molar-refractivity contribution in [2.24, 2.45) is 0 Å². The van der Waals surface area contributed by atoms with Gasteiger partial charge in [-0.1, -0.05) is 71.9 Å². The van der Waals surface area contributed by atoms with E-state index in [4.69, 9.17) is 16.6 Å². The summed E-state index contributed by atoms with van der Waals surface area (Å²) >= 11 is 7.68. The molecule has 0 aliphatic carbocycles. The van der Waals surface area contributed by atoms with Gasteiger partial charge >= 0.3 is 0 Å². The Balaban J connectivity index is 1.46. The fraction of sp³-hybridized carbons (Fsp3) is 0.160. The minimum atomic E-state index is -0.203. The lowest BCUT2D eigenvalue weighted by Crippen LogP contribution is -2.37. The third kappa shape index (κ3) is 3.92. The first-order valence-electron chi connectivity index (χ1n) is 10.4. The second-order valence-electron chi connectivity index (χ2n) is 7.63. The summed E-state index contributed by atoms with van der Waals surface area (Å²) < 4.78 is 1.51. The van der Waals surface area contributed by atoms with Crippen LogP contribution in [-0.4, -0.2) is 32.7 Å². The van der Waals surface area contributed by atoms with E-state index in [9.17, 15) is 9.59 Å². The number of amides is 1. The summed E-state index contributed by atoms with van der Waals surface area (Å²) in [6.07, 6.45) is 0.852. The van der Waals surface area contributed by atoms with Gasteiger partial charge in [0.15, 0.2) is 5.16 Å². The molecule has 2 heterocycles. The molecule has 32 heavy (non-hydrogen) atoms. The molecule has 0 radical (unpaired) electrons. The van der Waals surface area contributed by atoms with Crippen molar-refractivity contribution < 1.29 is 4.79 Å². The van der Waals surface area contributed by atoms with Gasteiger partial charge in [-0.05, 0) is 41.8 Å². The standard InChI is InChI=1S/C25H20ClN3O2S/c26-20-10-4-6-12-22(20)29-24(31)19-9-3-5-11-21(19)27-25(29)32-16-23(30)28-14-13-17-7-1-2-8-18(17)15-28/h1-12H,13-16H2. The maximum Gasteiger partial charge on any atom is 0.266 e. The molecule has 1 aliphatic heterocycles. The monoisotopic (exact) mass is 461 g/mol. The molecule has 7 heteroatoms. The zero-order chi connectivity index (χ0) is 22.1. The van der Waals surface area contributed by atoms with Gasteiger partial charge < -0.3 is 4.90 Å². The number of rotatable bonds is 4. The van der Waals surface area contributed by atoms with Gasteiger partial charge in [0.25, 0.3) is 5.56 Å². The summed E-state index contributed by atoms with van der Waals surface area (Å²) in [5.41, 5.74) is 3.44. The Kier molecular flexibility index (Phi) is 5.72. The van der Waals surface area contributed by atoms with Crippen LogP contribution in [0.1, 0.15) is 11.1 Å². The molecule has 0 bridgehead atoms. The molecule has 3 aromatic carbocycles. The summed E-state index contributed by atoms with van der Waals surface area (Å²) in [5.74, 6) is 0.217. The number of hydrogen-bond acceptors (Lipinski definition) is 4. The number of fused-ring (bicyclic) bond motifs is 2. The van der Waals surface area contributed by atoms with Gasteiger partial charge in [0.1, 0.15) is 0 Å². The number of para-hydroxylation sites is 2. The van der Waals surface area contributed by atoms with Gasteiger partial charge in [-0.15, -0.1) is 0 Å². The third-order valence-corrected chi connectivity index (χ3v) is 6.89. The van der Waals surface area contributed by atoms with E-state index in [-0.39, 0.29) is 17.2 Å². The average Bonchev–Trinajstić information content (AvgIpc) is 2.83.